The smallest absolute Gasteiger partial charge is 0.317 e. The van der Waals surface area contributed by atoms with E-state index in [0.717, 1.165) is 25.9 Å². The Morgan fingerprint density at radius 1 is 1.45 bits per heavy atom. The predicted octanol–water partition coefficient (Wildman–Crippen LogP) is 2.77. The van der Waals surface area contributed by atoms with Gasteiger partial charge in [-0.2, -0.15) is 0 Å². The zero-order chi connectivity index (χ0) is 15.7. The van der Waals surface area contributed by atoms with E-state index in [0.29, 0.717) is 19.1 Å². The molecule has 122 valence electrons. The van der Waals surface area contributed by atoms with Gasteiger partial charge in [0, 0.05) is 35.5 Å². The minimum Gasteiger partial charge on any atom is -0.379 e. The lowest BCUT2D eigenvalue weighted by Crippen LogP contribution is -2.51. The lowest BCUT2D eigenvalue weighted by Gasteiger charge is -2.34. The van der Waals surface area contributed by atoms with Crippen LogP contribution in [0.15, 0.2) is 6.20 Å². The van der Waals surface area contributed by atoms with E-state index in [1.165, 1.54) is 9.88 Å². The molecule has 0 radical (unpaired) electrons. The Balaban J connectivity index is 1.52. The number of urea groups is 1. The van der Waals surface area contributed by atoms with Crippen LogP contribution < -0.4 is 5.32 Å². The number of aromatic nitrogens is 1. The van der Waals surface area contributed by atoms with Crippen molar-refractivity contribution in [1.29, 1.82) is 0 Å². The van der Waals surface area contributed by atoms with Gasteiger partial charge in [-0.3, -0.25) is 0 Å². The van der Waals surface area contributed by atoms with Gasteiger partial charge in [-0.25, -0.2) is 9.78 Å². The molecule has 2 aliphatic heterocycles. The summed E-state index contributed by atoms with van der Waals surface area (Å²) in [4.78, 5) is 20.1. The van der Waals surface area contributed by atoms with E-state index in [9.17, 15) is 4.79 Å². The van der Waals surface area contributed by atoms with Crippen LogP contribution in [-0.4, -0.2) is 48.3 Å². The maximum absolute atomic E-state index is 12.4. The first-order valence-corrected chi connectivity index (χ1v) is 8.83. The number of aryl methyl sites for hydroxylation is 1. The second-order valence-electron chi connectivity index (χ2n) is 7.08. The van der Waals surface area contributed by atoms with Crippen molar-refractivity contribution < 1.29 is 9.53 Å². The molecule has 2 saturated heterocycles. The molecule has 22 heavy (non-hydrogen) atoms. The summed E-state index contributed by atoms with van der Waals surface area (Å²) in [5.41, 5.74) is 0.0202. The molecule has 1 N–H and O–H groups in total. The minimum absolute atomic E-state index is 0.0202. The van der Waals surface area contributed by atoms with Crippen LogP contribution in [0.25, 0.3) is 0 Å². The number of carbonyl (C=O) groups excluding carboxylic acids is 1. The highest BCUT2D eigenvalue weighted by molar-refractivity contribution is 7.11. The van der Waals surface area contributed by atoms with Gasteiger partial charge in [0.15, 0.2) is 0 Å². The average molecular weight is 323 g/mol. The largest absolute Gasteiger partial charge is 0.379 e. The molecule has 1 atom stereocenters. The molecular weight excluding hydrogens is 298 g/mol. The Labute approximate surface area is 136 Å². The number of rotatable bonds is 2. The van der Waals surface area contributed by atoms with Gasteiger partial charge in [-0.15, -0.1) is 11.3 Å². The third-order valence-corrected chi connectivity index (χ3v) is 5.85. The van der Waals surface area contributed by atoms with Crippen molar-refractivity contribution in [2.75, 3.05) is 26.3 Å². The Morgan fingerprint density at radius 2 is 2.18 bits per heavy atom. The van der Waals surface area contributed by atoms with Crippen molar-refractivity contribution in [3.63, 3.8) is 0 Å². The lowest BCUT2D eigenvalue weighted by molar-refractivity contribution is 0.166. The van der Waals surface area contributed by atoms with Crippen LogP contribution in [0.4, 0.5) is 4.79 Å². The van der Waals surface area contributed by atoms with Gasteiger partial charge in [-0.05, 0) is 19.8 Å². The van der Waals surface area contributed by atoms with E-state index in [4.69, 9.17) is 4.74 Å². The summed E-state index contributed by atoms with van der Waals surface area (Å²) in [6, 6.07) is 0.164. The second kappa shape index (κ2) is 6.16. The summed E-state index contributed by atoms with van der Waals surface area (Å²) in [6.45, 7) is 9.32. The van der Waals surface area contributed by atoms with E-state index in [2.05, 4.69) is 31.1 Å². The highest BCUT2D eigenvalue weighted by atomic mass is 32.1. The number of likely N-dealkylation sites (tertiary alicyclic amines) is 1. The van der Waals surface area contributed by atoms with Gasteiger partial charge < -0.3 is 15.0 Å². The van der Waals surface area contributed by atoms with Crippen LogP contribution in [0.1, 0.15) is 42.5 Å². The number of carbonyl (C=O) groups is 1. The summed E-state index contributed by atoms with van der Waals surface area (Å²) in [5, 5.41) is 4.37. The molecule has 3 heterocycles. The number of nitrogens with zero attached hydrogens (tertiary/aromatic N) is 2. The van der Waals surface area contributed by atoms with Crippen molar-refractivity contribution in [3.8, 4) is 0 Å². The Kier molecular flexibility index (Phi) is 4.41. The number of hydrogen-bond acceptors (Lipinski definition) is 4. The maximum Gasteiger partial charge on any atom is 0.317 e. The normalized spacial score (nSPS) is 25.4. The van der Waals surface area contributed by atoms with E-state index in [1.54, 1.807) is 11.3 Å². The highest BCUT2D eigenvalue weighted by Crippen LogP contribution is 2.31. The molecule has 2 aliphatic rings. The Morgan fingerprint density at radius 3 is 2.73 bits per heavy atom. The number of hydrogen-bond donors (Lipinski definition) is 1. The van der Waals surface area contributed by atoms with Gasteiger partial charge in [0.05, 0.1) is 24.3 Å². The molecule has 1 aromatic heterocycles. The van der Waals surface area contributed by atoms with Crippen LogP contribution in [0, 0.1) is 12.3 Å². The van der Waals surface area contributed by atoms with Gasteiger partial charge in [-0.1, -0.05) is 13.8 Å². The quantitative estimate of drug-likeness (QED) is 0.910. The van der Waals surface area contributed by atoms with Gasteiger partial charge >= 0.3 is 6.03 Å². The van der Waals surface area contributed by atoms with Gasteiger partial charge in [0.1, 0.15) is 0 Å². The number of thiazole rings is 1. The third kappa shape index (κ3) is 3.27. The van der Waals surface area contributed by atoms with E-state index >= 15 is 0 Å². The molecule has 1 aromatic rings. The first-order valence-electron chi connectivity index (χ1n) is 8.01. The average Bonchev–Trinajstić information content (AvgIpc) is 3.05. The molecule has 1 unspecified atom stereocenters. The van der Waals surface area contributed by atoms with Crippen LogP contribution in [0.2, 0.25) is 0 Å². The minimum atomic E-state index is 0.0202. The fourth-order valence-corrected chi connectivity index (χ4v) is 4.08. The predicted molar refractivity (Wildman–Crippen MR) is 87.3 cm³/mol. The Bertz CT molecular complexity index is 535. The van der Waals surface area contributed by atoms with Gasteiger partial charge in [0.25, 0.3) is 0 Å². The number of ether oxygens (including phenoxy) is 1. The standard InChI is InChI=1S/C16H25N3O2S/c1-11-8-17-14(22-11)12-4-6-19(7-5-12)15(20)18-13-9-21-10-16(13,2)3/h8,12-13H,4-7,9-10H2,1-3H3,(H,18,20). The molecule has 3 rings (SSSR count). The van der Waals surface area contributed by atoms with Crippen molar-refractivity contribution in [3.05, 3.63) is 16.1 Å². The molecule has 2 amide bonds. The zero-order valence-corrected chi connectivity index (χ0v) is 14.4. The van der Waals surface area contributed by atoms with E-state index < -0.39 is 0 Å². The molecule has 6 heteroatoms. The van der Waals surface area contributed by atoms with Crippen LogP contribution in [0.3, 0.4) is 0 Å². The van der Waals surface area contributed by atoms with E-state index in [-0.39, 0.29) is 17.5 Å². The van der Waals surface area contributed by atoms with Crippen molar-refractivity contribution in [2.24, 2.45) is 5.41 Å². The molecule has 2 fully saturated rings. The number of amides is 2. The lowest BCUT2D eigenvalue weighted by atomic mass is 9.88. The van der Waals surface area contributed by atoms with Crippen molar-refractivity contribution >= 4 is 17.4 Å². The molecule has 0 bridgehead atoms. The second-order valence-corrected chi connectivity index (χ2v) is 8.34. The molecule has 0 aliphatic carbocycles. The summed E-state index contributed by atoms with van der Waals surface area (Å²) >= 11 is 1.78. The molecule has 0 saturated carbocycles. The number of piperidine rings is 1. The van der Waals surface area contributed by atoms with Crippen molar-refractivity contribution in [1.82, 2.24) is 15.2 Å². The van der Waals surface area contributed by atoms with Crippen LogP contribution >= 0.6 is 11.3 Å². The molecule has 0 spiro atoms. The summed E-state index contributed by atoms with van der Waals surface area (Å²) in [6.07, 6.45) is 3.96. The van der Waals surface area contributed by atoms with E-state index in [1.807, 2.05) is 11.1 Å². The fourth-order valence-electron chi connectivity index (χ4n) is 3.13. The molecule has 5 nitrogen and oxygen atoms in total. The van der Waals surface area contributed by atoms with Gasteiger partial charge in [0.2, 0.25) is 0 Å². The molecular formula is C16H25N3O2S. The summed E-state index contributed by atoms with van der Waals surface area (Å²) in [7, 11) is 0. The fraction of sp³-hybridized carbons (Fsp3) is 0.750. The monoisotopic (exact) mass is 323 g/mol. The highest BCUT2D eigenvalue weighted by Gasteiger charge is 2.37. The third-order valence-electron chi connectivity index (χ3n) is 4.77. The maximum atomic E-state index is 12.4. The van der Waals surface area contributed by atoms with Crippen molar-refractivity contribution in [2.45, 2.75) is 45.6 Å². The first-order chi connectivity index (χ1) is 10.5. The van der Waals surface area contributed by atoms with Crippen LogP contribution in [0.5, 0.6) is 0 Å². The first kappa shape index (κ1) is 15.7. The Hall–Kier alpha value is -1.14. The summed E-state index contributed by atoms with van der Waals surface area (Å²) in [5.74, 6) is 0.508. The molecule has 0 aromatic carbocycles. The zero-order valence-electron chi connectivity index (χ0n) is 13.6. The number of nitrogens with one attached hydrogen (secondary N) is 1. The summed E-state index contributed by atoms with van der Waals surface area (Å²) < 4.78 is 5.50. The topological polar surface area (TPSA) is 54.5 Å². The van der Waals surface area contributed by atoms with Crippen LogP contribution in [-0.2, 0) is 4.74 Å². The SMILES string of the molecule is Cc1cnc(C2CCN(C(=O)NC3COCC3(C)C)CC2)s1.